The van der Waals surface area contributed by atoms with E-state index in [1.54, 1.807) is 24.9 Å². The molecule has 1 heterocycles. The number of nitrogens with zero attached hydrogens (tertiary/aromatic N) is 1. The molecule has 0 amide bonds. The highest BCUT2D eigenvalue weighted by Crippen LogP contribution is 2.25. The number of pyridine rings is 1. The zero-order chi connectivity index (χ0) is 10.4. The van der Waals surface area contributed by atoms with Crippen molar-refractivity contribution in [2.24, 2.45) is 0 Å². The van der Waals surface area contributed by atoms with Gasteiger partial charge in [-0.2, -0.15) is 0 Å². The molecule has 1 rings (SSSR count). The highest BCUT2D eigenvalue weighted by molar-refractivity contribution is 7.99. The Kier molecular flexibility index (Phi) is 4.98. The first-order chi connectivity index (χ1) is 6.75. The lowest BCUT2D eigenvalue weighted by Gasteiger charge is -2.09. The van der Waals surface area contributed by atoms with Crippen molar-refractivity contribution in [3.63, 3.8) is 0 Å². The predicted octanol–water partition coefficient (Wildman–Crippen LogP) is 3.03. The van der Waals surface area contributed by atoms with Crippen LogP contribution in [-0.4, -0.2) is 15.8 Å². The van der Waals surface area contributed by atoms with Crippen molar-refractivity contribution in [3.8, 4) is 0 Å². The number of aliphatic hydroxyl groups is 1. The van der Waals surface area contributed by atoms with E-state index in [0.717, 1.165) is 16.3 Å². The summed E-state index contributed by atoms with van der Waals surface area (Å²) in [5.74, 6) is 1.08. The van der Waals surface area contributed by atoms with Crippen molar-refractivity contribution >= 4 is 11.8 Å². The molecular weight excluding hydrogens is 194 g/mol. The number of aromatic nitrogens is 1. The van der Waals surface area contributed by atoms with Crippen molar-refractivity contribution < 1.29 is 5.11 Å². The molecule has 78 valence electrons. The molecule has 1 aromatic heterocycles. The summed E-state index contributed by atoms with van der Waals surface area (Å²) in [5.41, 5.74) is 0.939. The fourth-order valence-electron chi connectivity index (χ4n) is 1.15. The molecule has 0 saturated carbocycles. The lowest BCUT2D eigenvalue weighted by Crippen LogP contribution is -1.96. The van der Waals surface area contributed by atoms with Crippen LogP contribution < -0.4 is 0 Å². The minimum absolute atomic E-state index is 0.423. The zero-order valence-corrected chi connectivity index (χ0v) is 9.55. The molecule has 1 atom stereocenters. The highest BCUT2D eigenvalue weighted by Gasteiger charge is 2.08. The summed E-state index contributed by atoms with van der Waals surface area (Å²) in [6, 6.07) is 3.80. The molecule has 0 aliphatic carbocycles. The van der Waals surface area contributed by atoms with Crippen LogP contribution in [-0.2, 0) is 0 Å². The van der Waals surface area contributed by atoms with E-state index >= 15 is 0 Å². The third-order valence-corrected chi connectivity index (χ3v) is 3.09. The van der Waals surface area contributed by atoms with Crippen molar-refractivity contribution in [1.29, 1.82) is 0 Å². The molecule has 0 aliphatic heterocycles. The van der Waals surface area contributed by atoms with E-state index in [4.69, 9.17) is 0 Å². The molecule has 1 N–H and O–H groups in total. The van der Waals surface area contributed by atoms with Gasteiger partial charge < -0.3 is 5.11 Å². The maximum atomic E-state index is 9.51. The summed E-state index contributed by atoms with van der Waals surface area (Å²) >= 11 is 1.73. The Morgan fingerprint density at radius 3 is 3.00 bits per heavy atom. The minimum atomic E-state index is -0.423. The van der Waals surface area contributed by atoms with Crippen LogP contribution in [0.25, 0.3) is 0 Å². The maximum Gasteiger partial charge on any atom is 0.102 e. The Morgan fingerprint density at radius 1 is 1.57 bits per heavy atom. The van der Waals surface area contributed by atoms with E-state index < -0.39 is 6.10 Å². The lowest BCUT2D eigenvalue weighted by atomic mass is 10.2. The zero-order valence-electron chi connectivity index (χ0n) is 8.73. The summed E-state index contributed by atoms with van der Waals surface area (Å²) < 4.78 is 0. The lowest BCUT2D eigenvalue weighted by molar-refractivity contribution is 0.195. The molecule has 14 heavy (non-hydrogen) atoms. The number of hydrogen-bond acceptors (Lipinski definition) is 3. The van der Waals surface area contributed by atoms with Gasteiger partial charge in [-0.1, -0.05) is 19.4 Å². The van der Waals surface area contributed by atoms with Gasteiger partial charge >= 0.3 is 0 Å². The number of rotatable bonds is 5. The van der Waals surface area contributed by atoms with Crippen LogP contribution in [0.4, 0.5) is 0 Å². The first-order valence-electron chi connectivity index (χ1n) is 5.01. The van der Waals surface area contributed by atoms with Crippen LogP contribution >= 0.6 is 11.8 Å². The fraction of sp³-hybridized carbons (Fsp3) is 0.545. The second kappa shape index (κ2) is 6.04. The van der Waals surface area contributed by atoms with Gasteiger partial charge in [-0.05, 0) is 25.2 Å². The van der Waals surface area contributed by atoms with Gasteiger partial charge in [-0.3, -0.25) is 0 Å². The van der Waals surface area contributed by atoms with Gasteiger partial charge in [-0.15, -0.1) is 11.8 Å². The largest absolute Gasteiger partial charge is 0.389 e. The van der Waals surface area contributed by atoms with E-state index in [9.17, 15) is 5.11 Å². The average Bonchev–Trinajstić information content (AvgIpc) is 2.19. The van der Waals surface area contributed by atoms with Crippen molar-refractivity contribution in [3.05, 3.63) is 23.9 Å². The van der Waals surface area contributed by atoms with Crippen LogP contribution in [0, 0.1) is 0 Å². The molecule has 0 fully saturated rings. The summed E-state index contributed by atoms with van der Waals surface area (Å²) in [6.45, 7) is 3.95. The third-order valence-electron chi connectivity index (χ3n) is 1.99. The SMILES string of the molecule is CCCCSc1ncccc1[C@@H](C)O. The van der Waals surface area contributed by atoms with Crippen LogP contribution in [0.15, 0.2) is 23.4 Å². The summed E-state index contributed by atoms with van der Waals surface area (Å²) in [6.07, 6.45) is 3.75. The topological polar surface area (TPSA) is 33.1 Å². The van der Waals surface area contributed by atoms with Gasteiger partial charge in [0.05, 0.1) is 6.10 Å². The molecule has 2 nitrogen and oxygen atoms in total. The molecule has 3 heteroatoms. The number of unbranched alkanes of at least 4 members (excludes halogenated alkanes) is 1. The van der Waals surface area contributed by atoms with E-state index in [0.29, 0.717) is 0 Å². The summed E-state index contributed by atoms with van der Waals surface area (Å²) in [4.78, 5) is 4.27. The van der Waals surface area contributed by atoms with Gasteiger partial charge in [0, 0.05) is 11.8 Å². The molecule has 0 saturated heterocycles. The molecule has 0 aromatic carbocycles. The predicted molar refractivity (Wildman–Crippen MR) is 60.5 cm³/mol. The summed E-state index contributed by atoms with van der Waals surface area (Å²) in [7, 11) is 0. The standard InChI is InChI=1S/C11H17NOS/c1-3-4-8-14-11-10(9(2)13)6-5-7-12-11/h5-7,9,13H,3-4,8H2,1-2H3/t9-/m1/s1. The smallest absolute Gasteiger partial charge is 0.102 e. The van der Waals surface area contributed by atoms with Gasteiger partial charge in [0.25, 0.3) is 0 Å². The molecule has 1 aromatic rings. The van der Waals surface area contributed by atoms with Crippen LogP contribution in [0.2, 0.25) is 0 Å². The average molecular weight is 211 g/mol. The van der Waals surface area contributed by atoms with Crippen LogP contribution in [0.3, 0.4) is 0 Å². The van der Waals surface area contributed by atoms with Gasteiger partial charge in [-0.25, -0.2) is 4.98 Å². The molecule has 0 bridgehead atoms. The number of hydrogen-bond donors (Lipinski definition) is 1. The third kappa shape index (κ3) is 3.31. The van der Waals surface area contributed by atoms with Crippen molar-refractivity contribution in [1.82, 2.24) is 4.98 Å². The van der Waals surface area contributed by atoms with Crippen LogP contribution in [0.1, 0.15) is 38.4 Å². The number of aliphatic hydroxyl groups excluding tert-OH is 1. The molecule has 0 unspecified atom stereocenters. The Bertz CT molecular complexity index is 276. The molecule has 0 aliphatic rings. The molecule has 0 spiro atoms. The first-order valence-corrected chi connectivity index (χ1v) is 6.00. The Hall–Kier alpha value is -0.540. The minimum Gasteiger partial charge on any atom is -0.389 e. The highest BCUT2D eigenvalue weighted by atomic mass is 32.2. The van der Waals surface area contributed by atoms with E-state index in [1.165, 1.54) is 12.8 Å². The Morgan fingerprint density at radius 2 is 2.36 bits per heavy atom. The monoisotopic (exact) mass is 211 g/mol. The first kappa shape index (κ1) is 11.5. The second-order valence-corrected chi connectivity index (χ2v) is 4.36. The van der Waals surface area contributed by atoms with Gasteiger partial charge in [0.15, 0.2) is 0 Å². The van der Waals surface area contributed by atoms with E-state index in [2.05, 4.69) is 11.9 Å². The quantitative estimate of drug-likeness (QED) is 0.600. The van der Waals surface area contributed by atoms with Crippen molar-refractivity contribution in [2.45, 2.75) is 37.8 Å². The van der Waals surface area contributed by atoms with E-state index in [1.807, 2.05) is 12.1 Å². The number of thioether (sulfide) groups is 1. The van der Waals surface area contributed by atoms with Gasteiger partial charge in [0.2, 0.25) is 0 Å². The fourth-order valence-corrected chi connectivity index (χ4v) is 2.32. The van der Waals surface area contributed by atoms with Crippen molar-refractivity contribution in [2.75, 3.05) is 5.75 Å². The Balaban J connectivity index is 2.64. The van der Waals surface area contributed by atoms with Gasteiger partial charge in [0.1, 0.15) is 5.03 Å². The van der Waals surface area contributed by atoms with E-state index in [-0.39, 0.29) is 0 Å². The molecular formula is C11H17NOS. The second-order valence-electron chi connectivity index (χ2n) is 3.28. The molecule has 0 radical (unpaired) electrons. The Labute approximate surface area is 89.8 Å². The maximum absolute atomic E-state index is 9.51. The van der Waals surface area contributed by atoms with Crippen LogP contribution in [0.5, 0.6) is 0 Å². The normalized spacial score (nSPS) is 12.8. The summed E-state index contributed by atoms with van der Waals surface area (Å²) in [5, 5.41) is 10.5.